The monoisotopic (exact) mass is 307 g/mol. The number of thiophene rings is 1. The lowest BCUT2D eigenvalue weighted by Crippen LogP contribution is -2.05. The molecule has 0 spiro atoms. The number of nitrogens with zero attached hydrogens (tertiary/aromatic N) is 3. The molecule has 0 N–H and O–H groups in total. The zero-order valence-electron chi connectivity index (χ0n) is 9.62. The van der Waals surface area contributed by atoms with Crippen molar-refractivity contribution in [1.82, 2.24) is 14.8 Å². The smallest absolute Gasteiger partial charge is 0.296 e. The molecule has 98 valence electrons. The maximum atomic E-state index is 11.3. The SMILES string of the molecule is CCn1c(-c2cc(OC)cs2)nnc1S(=O)(=O)Cl. The number of ether oxygens (including phenoxy) is 1. The summed E-state index contributed by atoms with van der Waals surface area (Å²) in [7, 11) is 2.97. The first-order valence-electron chi connectivity index (χ1n) is 4.98. The highest BCUT2D eigenvalue weighted by atomic mass is 35.7. The largest absolute Gasteiger partial charge is 0.496 e. The van der Waals surface area contributed by atoms with Crippen molar-refractivity contribution in [2.24, 2.45) is 0 Å². The van der Waals surface area contributed by atoms with Crippen LogP contribution in [0.15, 0.2) is 16.6 Å². The Morgan fingerprint density at radius 1 is 1.50 bits per heavy atom. The van der Waals surface area contributed by atoms with Crippen LogP contribution in [0.1, 0.15) is 6.92 Å². The second-order valence-corrected chi connectivity index (χ2v) is 6.71. The van der Waals surface area contributed by atoms with Gasteiger partial charge in [-0.25, -0.2) is 8.42 Å². The maximum absolute atomic E-state index is 11.3. The van der Waals surface area contributed by atoms with Gasteiger partial charge in [0.1, 0.15) is 5.75 Å². The van der Waals surface area contributed by atoms with E-state index in [4.69, 9.17) is 15.4 Å². The predicted octanol–water partition coefficient (Wildman–Crippen LogP) is 1.96. The van der Waals surface area contributed by atoms with Gasteiger partial charge in [-0.3, -0.25) is 4.57 Å². The quantitative estimate of drug-likeness (QED) is 0.807. The van der Waals surface area contributed by atoms with Crippen molar-refractivity contribution in [3.8, 4) is 16.5 Å². The van der Waals surface area contributed by atoms with Gasteiger partial charge >= 0.3 is 0 Å². The van der Waals surface area contributed by atoms with Crippen LogP contribution in [0, 0.1) is 0 Å². The molecule has 0 aliphatic carbocycles. The molecule has 0 atom stereocenters. The van der Waals surface area contributed by atoms with Crippen LogP contribution < -0.4 is 4.74 Å². The van der Waals surface area contributed by atoms with Crippen molar-refractivity contribution in [3.63, 3.8) is 0 Å². The van der Waals surface area contributed by atoms with Crippen LogP contribution in [-0.2, 0) is 15.6 Å². The van der Waals surface area contributed by atoms with Crippen LogP contribution in [0.5, 0.6) is 5.75 Å². The summed E-state index contributed by atoms with van der Waals surface area (Å²) < 4.78 is 29.2. The Kier molecular flexibility index (Phi) is 3.60. The van der Waals surface area contributed by atoms with E-state index in [1.807, 2.05) is 0 Å². The van der Waals surface area contributed by atoms with Gasteiger partial charge in [0, 0.05) is 28.7 Å². The second kappa shape index (κ2) is 4.87. The van der Waals surface area contributed by atoms with Crippen molar-refractivity contribution in [2.75, 3.05) is 7.11 Å². The Morgan fingerprint density at radius 2 is 2.22 bits per heavy atom. The molecule has 9 heteroatoms. The Labute approximate surface area is 113 Å². The van der Waals surface area contributed by atoms with E-state index < -0.39 is 9.05 Å². The van der Waals surface area contributed by atoms with Crippen LogP contribution in [0.2, 0.25) is 0 Å². The molecule has 2 rings (SSSR count). The van der Waals surface area contributed by atoms with E-state index in [0.29, 0.717) is 18.1 Å². The first-order valence-corrected chi connectivity index (χ1v) is 8.17. The van der Waals surface area contributed by atoms with Gasteiger partial charge in [-0.2, -0.15) is 0 Å². The molecule has 0 amide bonds. The van der Waals surface area contributed by atoms with E-state index in [2.05, 4.69) is 10.2 Å². The van der Waals surface area contributed by atoms with Gasteiger partial charge in [-0.05, 0) is 6.92 Å². The molecule has 2 aromatic rings. The van der Waals surface area contributed by atoms with Gasteiger partial charge in [0.2, 0.25) is 0 Å². The van der Waals surface area contributed by atoms with Crippen LogP contribution >= 0.6 is 22.0 Å². The van der Waals surface area contributed by atoms with E-state index in [0.717, 1.165) is 4.88 Å². The highest BCUT2D eigenvalue weighted by Crippen LogP contribution is 2.31. The summed E-state index contributed by atoms with van der Waals surface area (Å²) in [5, 5.41) is 9.07. The molecule has 0 saturated heterocycles. The summed E-state index contributed by atoms with van der Waals surface area (Å²) in [5.41, 5.74) is 0. The Balaban J connectivity index is 2.56. The molecule has 18 heavy (non-hydrogen) atoms. The minimum atomic E-state index is -3.90. The number of halogens is 1. The molecule has 0 aliphatic rings. The third kappa shape index (κ3) is 2.36. The minimum absolute atomic E-state index is 0.242. The summed E-state index contributed by atoms with van der Waals surface area (Å²) in [6.45, 7) is 2.20. The molecule has 0 aliphatic heterocycles. The topological polar surface area (TPSA) is 74.1 Å². The van der Waals surface area contributed by atoms with Crippen LogP contribution in [-0.4, -0.2) is 30.3 Å². The Morgan fingerprint density at radius 3 is 2.72 bits per heavy atom. The summed E-state index contributed by atoms with van der Waals surface area (Å²) in [4.78, 5) is 0.771. The number of aromatic nitrogens is 3. The lowest BCUT2D eigenvalue weighted by atomic mass is 10.4. The standard InChI is InChI=1S/C9H10ClN3O3S2/c1-3-13-8(7-4-6(16-2)5-17-7)11-12-9(13)18(10,14)15/h4-5H,3H2,1-2H3. The first-order chi connectivity index (χ1) is 8.47. The maximum Gasteiger partial charge on any atom is 0.296 e. The van der Waals surface area contributed by atoms with Gasteiger partial charge in [-0.1, -0.05) is 0 Å². The zero-order valence-corrected chi connectivity index (χ0v) is 12.0. The van der Waals surface area contributed by atoms with E-state index in [-0.39, 0.29) is 5.16 Å². The fraction of sp³-hybridized carbons (Fsp3) is 0.333. The Bertz CT molecular complexity index is 662. The van der Waals surface area contributed by atoms with Crippen LogP contribution in [0.25, 0.3) is 10.7 Å². The van der Waals surface area contributed by atoms with Crippen molar-refractivity contribution >= 4 is 31.1 Å². The van der Waals surface area contributed by atoms with Gasteiger partial charge in [-0.15, -0.1) is 21.5 Å². The minimum Gasteiger partial charge on any atom is -0.496 e. The summed E-state index contributed by atoms with van der Waals surface area (Å²) in [6.07, 6.45) is 0. The van der Waals surface area contributed by atoms with Gasteiger partial charge in [0.25, 0.3) is 14.2 Å². The molecule has 0 radical (unpaired) electrons. The highest BCUT2D eigenvalue weighted by molar-refractivity contribution is 8.13. The van der Waals surface area contributed by atoms with Gasteiger partial charge in [0.05, 0.1) is 12.0 Å². The molecule has 0 unspecified atom stereocenters. The Hall–Kier alpha value is -1.12. The molecular formula is C9H10ClN3O3S2. The molecule has 6 nitrogen and oxygen atoms in total. The van der Waals surface area contributed by atoms with Crippen molar-refractivity contribution in [2.45, 2.75) is 18.6 Å². The van der Waals surface area contributed by atoms with E-state index >= 15 is 0 Å². The zero-order chi connectivity index (χ0) is 13.3. The number of hydrogen-bond acceptors (Lipinski definition) is 6. The fourth-order valence-corrected chi connectivity index (χ4v) is 3.29. The van der Waals surface area contributed by atoms with E-state index in [9.17, 15) is 8.42 Å². The average Bonchev–Trinajstić information content (AvgIpc) is 2.93. The normalized spacial score (nSPS) is 11.7. The van der Waals surface area contributed by atoms with Crippen molar-refractivity contribution in [1.29, 1.82) is 0 Å². The molecule has 0 aromatic carbocycles. The lowest BCUT2D eigenvalue weighted by Gasteiger charge is -2.03. The summed E-state index contributed by atoms with van der Waals surface area (Å²) >= 11 is 1.39. The number of hydrogen-bond donors (Lipinski definition) is 0. The number of rotatable bonds is 4. The summed E-state index contributed by atoms with van der Waals surface area (Å²) in [5.74, 6) is 1.15. The van der Waals surface area contributed by atoms with Gasteiger partial charge in [0.15, 0.2) is 5.82 Å². The molecule has 0 fully saturated rings. The molecule has 2 heterocycles. The van der Waals surface area contributed by atoms with E-state index in [1.54, 1.807) is 25.5 Å². The van der Waals surface area contributed by atoms with E-state index in [1.165, 1.54) is 15.9 Å². The van der Waals surface area contributed by atoms with Crippen LogP contribution in [0.3, 0.4) is 0 Å². The first kappa shape index (κ1) is 13.3. The van der Waals surface area contributed by atoms with Crippen LogP contribution in [0.4, 0.5) is 0 Å². The molecule has 0 bridgehead atoms. The molecule has 0 saturated carbocycles. The predicted molar refractivity (Wildman–Crippen MR) is 68.6 cm³/mol. The van der Waals surface area contributed by atoms with Crippen molar-refractivity contribution in [3.05, 3.63) is 11.4 Å². The number of methoxy groups -OCH3 is 1. The van der Waals surface area contributed by atoms with Crippen molar-refractivity contribution < 1.29 is 13.2 Å². The fourth-order valence-electron chi connectivity index (χ4n) is 1.48. The average molecular weight is 308 g/mol. The lowest BCUT2D eigenvalue weighted by molar-refractivity contribution is 0.417. The summed E-state index contributed by atoms with van der Waals surface area (Å²) in [6, 6.07) is 1.77. The molecular weight excluding hydrogens is 298 g/mol. The third-order valence-corrected chi connectivity index (χ3v) is 4.34. The third-order valence-electron chi connectivity index (χ3n) is 2.28. The van der Waals surface area contributed by atoms with Gasteiger partial charge < -0.3 is 4.74 Å². The molecule has 2 aromatic heterocycles. The highest BCUT2D eigenvalue weighted by Gasteiger charge is 2.23. The second-order valence-electron chi connectivity index (χ2n) is 3.34.